The van der Waals surface area contributed by atoms with E-state index in [9.17, 15) is 44.3 Å². The number of hydrogen-bond donors (Lipinski definition) is 0. The van der Waals surface area contributed by atoms with Crippen molar-refractivity contribution in [1.29, 1.82) is 0 Å². The Balaban J connectivity index is 3.46. The van der Waals surface area contributed by atoms with Crippen LogP contribution in [0, 0.1) is 0 Å². The van der Waals surface area contributed by atoms with E-state index in [1.54, 1.807) is 0 Å². The first kappa shape index (κ1) is 18.7. The summed E-state index contributed by atoms with van der Waals surface area (Å²) in [6.07, 6.45) is -17.1. The number of benzene rings is 1. The predicted octanol–water partition coefficient (Wildman–Crippen LogP) is 4.19. The highest BCUT2D eigenvalue weighted by Gasteiger charge is 2.40. The fourth-order valence-electron chi connectivity index (χ4n) is 1.31. The van der Waals surface area contributed by atoms with Crippen molar-refractivity contribution in [2.75, 3.05) is 0 Å². The third-order valence-electron chi connectivity index (χ3n) is 1.91. The number of carbonyl (C=O) groups excluding carboxylic acids is 1. The second-order valence-electron chi connectivity index (χ2n) is 3.57. The largest absolute Gasteiger partial charge is 0.573 e. The van der Waals surface area contributed by atoms with Crippen LogP contribution in [-0.2, 0) is 0 Å². The Hall–Kier alpha value is -2.34. The Morgan fingerprint density at radius 3 is 1.48 bits per heavy atom. The molecule has 0 radical (unpaired) electrons. The molecule has 0 atom stereocenters. The molecule has 0 aliphatic rings. The fourth-order valence-corrected chi connectivity index (χ4v) is 1.31. The molecule has 0 saturated carbocycles. The van der Waals surface area contributed by atoms with E-state index < -0.39 is 48.2 Å². The van der Waals surface area contributed by atoms with E-state index in [0.29, 0.717) is 0 Å². The first-order valence-corrected chi connectivity index (χ1v) is 5.11. The molecule has 1 aromatic carbocycles. The molecule has 130 valence electrons. The van der Waals surface area contributed by atoms with Crippen LogP contribution >= 0.6 is 0 Å². The van der Waals surface area contributed by atoms with Crippen LogP contribution in [0.25, 0.3) is 0 Å². The summed E-state index contributed by atoms with van der Waals surface area (Å²) in [6.45, 7) is 0. The summed E-state index contributed by atoms with van der Waals surface area (Å²) in [5.74, 6) is -5.10. The smallest absolute Gasteiger partial charge is 0.405 e. The summed E-state index contributed by atoms with van der Waals surface area (Å²) in [4.78, 5) is 10.7. The summed E-state index contributed by atoms with van der Waals surface area (Å²) in [5.41, 5.74) is -1.57. The first-order valence-electron chi connectivity index (χ1n) is 5.11. The summed E-state index contributed by atoms with van der Waals surface area (Å²) in [6, 6.07) is 0.240. The minimum absolute atomic E-state index is 0.0721. The number of halogens is 9. The van der Waals surface area contributed by atoms with Gasteiger partial charge in [0, 0.05) is 0 Å². The number of carbonyl (C=O) groups is 1. The average molecular weight is 358 g/mol. The normalized spacial score (nSPS) is 12.7. The van der Waals surface area contributed by atoms with Gasteiger partial charge in [-0.15, -0.1) is 39.5 Å². The average Bonchev–Trinajstić information content (AvgIpc) is 2.27. The third kappa shape index (κ3) is 6.12. The second-order valence-corrected chi connectivity index (χ2v) is 3.57. The van der Waals surface area contributed by atoms with Crippen LogP contribution in [0.15, 0.2) is 12.1 Å². The van der Waals surface area contributed by atoms with E-state index >= 15 is 0 Å². The molecule has 1 rings (SSSR count). The van der Waals surface area contributed by atoms with Gasteiger partial charge in [0.05, 0.1) is 0 Å². The summed E-state index contributed by atoms with van der Waals surface area (Å²) in [5, 5.41) is 0. The molecular formula is C10H3F9O4. The molecule has 0 aliphatic carbocycles. The van der Waals surface area contributed by atoms with Crippen LogP contribution in [0.2, 0.25) is 0 Å². The van der Waals surface area contributed by atoms with Gasteiger partial charge in [0.15, 0.2) is 17.8 Å². The van der Waals surface area contributed by atoms with Gasteiger partial charge in [0.25, 0.3) is 0 Å². The Labute approximate surface area is 120 Å². The lowest BCUT2D eigenvalue weighted by Gasteiger charge is -2.19. The van der Waals surface area contributed by atoms with Crippen molar-refractivity contribution in [3.8, 4) is 17.2 Å². The molecule has 0 aromatic heterocycles. The minimum Gasteiger partial charge on any atom is -0.405 e. The molecule has 0 amide bonds. The molecule has 0 N–H and O–H groups in total. The maximum absolute atomic E-state index is 12.2. The Kier molecular flexibility index (Phi) is 4.91. The van der Waals surface area contributed by atoms with E-state index in [1.807, 2.05) is 0 Å². The zero-order valence-corrected chi connectivity index (χ0v) is 10.3. The lowest BCUT2D eigenvalue weighted by Crippen LogP contribution is -2.23. The molecule has 0 saturated heterocycles. The van der Waals surface area contributed by atoms with Gasteiger partial charge in [-0.05, 0) is 12.1 Å². The van der Waals surface area contributed by atoms with E-state index in [4.69, 9.17) is 0 Å². The van der Waals surface area contributed by atoms with Gasteiger partial charge < -0.3 is 14.2 Å². The van der Waals surface area contributed by atoms with Crippen LogP contribution in [0.1, 0.15) is 10.4 Å². The van der Waals surface area contributed by atoms with Crippen LogP contribution in [-0.4, -0.2) is 25.4 Å². The lowest BCUT2D eigenvalue weighted by atomic mass is 10.2. The van der Waals surface area contributed by atoms with Crippen LogP contribution in [0.4, 0.5) is 39.5 Å². The first-order chi connectivity index (χ1) is 10.2. The van der Waals surface area contributed by atoms with Gasteiger partial charge in [-0.1, -0.05) is 0 Å². The Morgan fingerprint density at radius 1 is 0.696 bits per heavy atom. The SMILES string of the molecule is O=Cc1c(OC(F)(F)F)ccc(OC(F)(F)F)c1OC(F)(F)F. The van der Waals surface area contributed by atoms with E-state index in [2.05, 4.69) is 14.2 Å². The molecule has 0 heterocycles. The Morgan fingerprint density at radius 2 is 1.09 bits per heavy atom. The second kappa shape index (κ2) is 6.04. The lowest BCUT2D eigenvalue weighted by molar-refractivity contribution is -0.288. The van der Waals surface area contributed by atoms with E-state index in [0.717, 1.165) is 0 Å². The molecule has 1 aromatic rings. The number of alkyl halides is 9. The third-order valence-corrected chi connectivity index (χ3v) is 1.91. The van der Waals surface area contributed by atoms with Gasteiger partial charge in [-0.2, -0.15) is 0 Å². The molecule has 0 unspecified atom stereocenters. The van der Waals surface area contributed by atoms with Gasteiger partial charge in [-0.3, -0.25) is 4.79 Å². The molecule has 13 heteroatoms. The van der Waals surface area contributed by atoms with Gasteiger partial charge in [0.1, 0.15) is 11.3 Å². The van der Waals surface area contributed by atoms with Crippen molar-refractivity contribution < 1.29 is 58.5 Å². The van der Waals surface area contributed by atoms with E-state index in [-0.39, 0.29) is 12.1 Å². The quantitative estimate of drug-likeness (QED) is 0.598. The maximum atomic E-state index is 12.2. The van der Waals surface area contributed by atoms with Crippen molar-refractivity contribution in [3.63, 3.8) is 0 Å². The fraction of sp³-hybridized carbons (Fsp3) is 0.300. The topological polar surface area (TPSA) is 44.8 Å². The predicted molar refractivity (Wildman–Crippen MR) is 51.9 cm³/mol. The zero-order chi connectivity index (χ0) is 18.1. The van der Waals surface area contributed by atoms with Crippen molar-refractivity contribution in [3.05, 3.63) is 17.7 Å². The van der Waals surface area contributed by atoms with Crippen molar-refractivity contribution in [2.45, 2.75) is 19.1 Å². The number of hydrogen-bond acceptors (Lipinski definition) is 4. The van der Waals surface area contributed by atoms with Gasteiger partial charge >= 0.3 is 19.1 Å². The van der Waals surface area contributed by atoms with Crippen molar-refractivity contribution in [1.82, 2.24) is 0 Å². The standard InChI is InChI=1S/C10H3F9O4/c11-8(12,13)21-5-1-2-6(22-9(14,15)16)7(4(5)3-20)23-10(17,18)19/h1-3H. The maximum Gasteiger partial charge on any atom is 0.573 e. The van der Waals surface area contributed by atoms with Crippen molar-refractivity contribution in [2.24, 2.45) is 0 Å². The summed E-state index contributed by atoms with van der Waals surface area (Å²) in [7, 11) is 0. The molecule has 23 heavy (non-hydrogen) atoms. The highest BCUT2D eigenvalue weighted by molar-refractivity contribution is 5.85. The van der Waals surface area contributed by atoms with Gasteiger partial charge in [0.2, 0.25) is 0 Å². The molecule has 0 bridgehead atoms. The monoisotopic (exact) mass is 358 g/mol. The highest BCUT2D eigenvalue weighted by Crippen LogP contribution is 2.42. The number of aldehydes is 1. The zero-order valence-electron chi connectivity index (χ0n) is 10.3. The number of rotatable bonds is 4. The molecule has 0 aliphatic heterocycles. The molecule has 0 spiro atoms. The highest BCUT2D eigenvalue weighted by atomic mass is 19.4. The minimum atomic E-state index is -5.61. The molecule has 0 fully saturated rings. The Bertz CT molecular complexity index is 573. The van der Waals surface area contributed by atoms with Crippen LogP contribution in [0.3, 0.4) is 0 Å². The summed E-state index contributed by atoms with van der Waals surface area (Å²) >= 11 is 0. The van der Waals surface area contributed by atoms with E-state index in [1.165, 1.54) is 0 Å². The van der Waals surface area contributed by atoms with Crippen LogP contribution < -0.4 is 14.2 Å². The van der Waals surface area contributed by atoms with Crippen molar-refractivity contribution >= 4 is 6.29 Å². The molecule has 4 nitrogen and oxygen atoms in total. The molecular weight excluding hydrogens is 355 g/mol. The van der Waals surface area contributed by atoms with Gasteiger partial charge in [-0.25, -0.2) is 0 Å². The number of ether oxygens (including phenoxy) is 3. The summed E-state index contributed by atoms with van der Waals surface area (Å²) < 4.78 is 119. The van der Waals surface area contributed by atoms with Crippen LogP contribution in [0.5, 0.6) is 17.2 Å².